The number of nitrogens with zero attached hydrogens (tertiary/aromatic N) is 3. The van der Waals surface area contributed by atoms with E-state index in [0.717, 1.165) is 9.87 Å². The highest BCUT2D eigenvalue weighted by Crippen LogP contribution is 2.25. The van der Waals surface area contributed by atoms with Gasteiger partial charge < -0.3 is 10.1 Å². The van der Waals surface area contributed by atoms with E-state index in [0.29, 0.717) is 11.8 Å². The van der Waals surface area contributed by atoms with Crippen LogP contribution in [0.1, 0.15) is 15.9 Å². The maximum Gasteiger partial charge on any atom is 0.265 e. The standard InChI is InChI=1S/C17H22N4O4S2/c1-12-5-7-13(8-6-12)27(23,24)21(2)15-14(11-19-17(20-15)26-4)16(22)18-9-10-25-3/h5-8,11H,9-10H2,1-4H3,(H,18,22). The molecule has 0 saturated heterocycles. The lowest BCUT2D eigenvalue weighted by molar-refractivity contribution is 0.0937. The number of benzene rings is 1. The third-order valence-electron chi connectivity index (χ3n) is 3.74. The van der Waals surface area contributed by atoms with Crippen molar-refractivity contribution < 1.29 is 17.9 Å². The fourth-order valence-electron chi connectivity index (χ4n) is 2.20. The number of amides is 1. The molecule has 146 valence electrons. The number of carbonyl (C=O) groups is 1. The van der Waals surface area contributed by atoms with Crippen LogP contribution in [-0.4, -0.2) is 57.9 Å². The zero-order valence-electron chi connectivity index (χ0n) is 15.6. The van der Waals surface area contributed by atoms with Gasteiger partial charge in [-0.1, -0.05) is 29.5 Å². The Morgan fingerprint density at radius 3 is 2.56 bits per heavy atom. The van der Waals surface area contributed by atoms with Gasteiger partial charge in [-0.05, 0) is 25.3 Å². The fraction of sp³-hybridized carbons (Fsp3) is 0.353. The van der Waals surface area contributed by atoms with Crippen molar-refractivity contribution in [3.63, 3.8) is 0 Å². The van der Waals surface area contributed by atoms with Gasteiger partial charge >= 0.3 is 0 Å². The molecule has 0 saturated carbocycles. The van der Waals surface area contributed by atoms with Gasteiger partial charge in [0.25, 0.3) is 15.9 Å². The summed E-state index contributed by atoms with van der Waals surface area (Å²) in [5, 5.41) is 3.02. The van der Waals surface area contributed by atoms with Crippen LogP contribution in [0.15, 0.2) is 40.5 Å². The highest BCUT2D eigenvalue weighted by atomic mass is 32.2. The molecule has 0 spiro atoms. The normalized spacial score (nSPS) is 11.3. The van der Waals surface area contributed by atoms with Crippen molar-refractivity contribution in [3.05, 3.63) is 41.6 Å². The second-order valence-corrected chi connectivity index (χ2v) is 8.37. The van der Waals surface area contributed by atoms with Crippen LogP contribution in [0.4, 0.5) is 5.82 Å². The number of aromatic nitrogens is 2. The van der Waals surface area contributed by atoms with E-state index in [4.69, 9.17) is 4.74 Å². The summed E-state index contributed by atoms with van der Waals surface area (Å²) in [6.07, 6.45) is 3.10. The third kappa shape index (κ3) is 4.96. The molecular weight excluding hydrogens is 388 g/mol. The van der Waals surface area contributed by atoms with Gasteiger partial charge in [0.1, 0.15) is 5.56 Å². The Morgan fingerprint density at radius 1 is 1.30 bits per heavy atom. The number of carbonyl (C=O) groups excluding carboxylic acids is 1. The Labute approximate surface area is 163 Å². The second-order valence-electron chi connectivity index (χ2n) is 5.63. The third-order valence-corrected chi connectivity index (χ3v) is 6.07. The monoisotopic (exact) mass is 410 g/mol. The van der Waals surface area contributed by atoms with E-state index in [2.05, 4.69) is 15.3 Å². The van der Waals surface area contributed by atoms with Crippen LogP contribution in [0.3, 0.4) is 0 Å². The molecule has 2 aromatic rings. The van der Waals surface area contributed by atoms with E-state index >= 15 is 0 Å². The summed E-state index contributed by atoms with van der Waals surface area (Å²) >= 11 is 1.26. The number of hydrogen-bond acceptors (Lipinski definition) is 7. The van der Waals surface area contributed by atoms with E-state index in [1.807, 2.05) is 6.92 Å². The van der Waals surface area contributed by atoms with Gasteiger partial charge in [-0.25, -0.2) is 18.4 Å². The van der Waals surface area contributed by atoms with E-state index < -0.39 is 15.9 Å². The number of hydrogen-bond donors (Lipinski definition) is 1. The molecule has 0 fully saturated rings. The highest BCUT2D eigenvalue weighted by Gasteiger charge is 2.27. The van der Waals surface area contributed by atoms with Crippen LogP contribution in [0, 0.1) is 6.92 Å². The zero-order valence-corrected chi connectivity index (χ0v) is 17.2. The first-order valence-electron chi connectivity index (χ1n) is 8.05. The van der Waals surface area contributed by atoms with Crippen molar-refractivity contribution in [3.8, 4) is 0 Å². The molecule has 1 heterocycles. The van der Waals surface area contributed by atoms with Gasteiger partial charge in [-0.2, -0.15) is 0 Å². The molecule has 10 heteroatoms. The first kappa shape index (κ1) is 21.1. The Balaban J connectivity index is 2.44. The summed E-state index contributed by atoms with van der Waals surface area (Å²) < 4.78 is 31.9. The smallest absolute Gasteiger partial charge is 0.265 e. The van der Waals surface area contributed by atoms with Crippen LogP contribution >= 0.6 is 11.8 Å². The van der Waals surface area contributed by atoms with E-state index in [1.54, 1.807) is 18.4 Å². The summed E-state index contributed by atoms with van der Waals surface area (Å²) in [5.41, 5.74) is 1.02. The zero-order chi connectivity index (χ0) is 20.0. The molecule has 0 aliphatic carbocycles. The number of thioether (sulfide) groups is 1. The molecule has 0 unspecified atom stereocenters. The largest absolute Gasteiger partial charge is 0.383 e. The number of ether oxygens (including phenoxy) is 1. The van der Waals surface area contributed by atoms with E-state index in [1.165, 1.54) is 44.2 Å². The minimum atomic E-state index is -3.89. The highest BCUT2D eigenvalue weighted by molar-refractivity contribution is 7.98. The molecule has 0 bridgehead atoms. The van der Waals surface area contributed by atoms with Crippen LogP contribution < -0.4 is 9.62 Å². The number of anilines is 1. The summed E-state index contributed by atoms with van der Waals surface area (Å²) in [7, 11) is -0.994. The maximum absolute atomic E-state index is 13.0. The quantitative estimate of drug-likeness (QED) is 0.401. The average molecular weight is 411 g/mol. The Bertz CT molecular complexity index is 902. The number of sulfonamides is 1. The van der Waals surface area contributed by atoms with Crippen LogP contribution in [0.2, 0.25) is 0 Å². The predicted molar refractivity (Wildman–Crippen MR) is 105 cm³/mol. The minimum absolute atomic E-state index is 0.0184. The van der Waals surface area contributed by atoms with Crippen molar-refractivity contribution in [2.24, 2.45) is 0 Å². The Hall–Kier alpha value is -2.17. The molecule has 0 atom stereocenters. The SMILES string of the molecule is COCCNC(=O)c1cnc(SC)nc1N(C)S(=O)(=O)c1ccc(C)cc1. The first-order chi connectivity index (χ1) is 12.8. The lowest BCUT2D eigenvalue weighted by atomic mass is 10.2. The van der Waals surface area contributed by atoms with Crippen molar-refractivity contribution in [1.29, 1.82) is 0 Å². The van der Waals surface area contributed by atoms with Gasteiger partial charge in [0, 0.05) is 26.9 Å². The number of methoxy groups -OCH3 is 1. The van der Waals surface area contributed by atoms with Crippen LogP contribution in [0.25, 0.3) is 0 Å². The van der Waals surface area contributed by atoms with Crippen molar-refractivity contribution >= 4 is 33.5 Å². The minimum Gasteiger partial charge on any atom is -0.383 e. The molecule has 8 nitrogen and oxygen atoms in total. The molecule has 27 heavy (non-hydrogen) atoms. The van der Waals surface area contributed by atoms with Gasteiger partial charge in [-0.3, -0.25) is 9.10 Å². The van der Waals surface area contributed by atoms with E-state index in [9.17, 15) is 13.2 Å². The van der Waals surface area contributed by atoms with Crippen molar-refractivity contribution in [2.45, 2.75) is 17.0 Å². The summed E-state index contributed by atoms with van der Waals surface area (Å²) in [6.45, 7) is 2.49. The van der Waals surface area contributed by atoms with Gasteiger partial charge in [-0.15, -0.1) is 0 Å². The Kier molecular flexibility index (Phi) is 7.17. The van der Waals surface area contributed by atoms with Crippen molar-refractivity contribution in [1.82, 2.24) is 15.3 Å². The van der Waals surface area contributed by atoms with Crippen LogP contribution in [0.5, 0.6) is 0 Å². The van der Waals surface area contributed by atoms with Crippen molar-refractivity contribution in [2.75, 3.05) is 37.9 Å². The molecule has 1 aromatic heterocycles. The fourth-order valence-corrected chi connectivity index (χ4v) is 3.70. The number of rotatable bonds is 8. The van der Waals surface area contributed by atoms with E-state index in [-0.39, 0.29) is 22.8 Å². The molecule has 0 radical (unpaired) electrons. The second kappa shape index (κ2) is 9.16. The molecule has 1 aromatic carbocycles. The van der Waals surface area contributed by atoms with Gasteiger partial charge in [0.2, 0.25) is 0 Å². The topological polar surface area (TPSA) is 101 Å². The molecule has 1 amide bonds. The van der Waals surface area contributed by atoms with Gasteiger partial charge in [0.15, 0.2) is 11.0 Å². The maximum atomic E-state index is 13.0. The summed E-state index contributed by atoms with van der Waals surface area (Å²) in [6, 6.07) is 6.48. The predicted octanol–water partition coefficient (Wildman–Crippen LogP) is 1.71. The summed E-state index contributed by atoms with van der Waals surface area (Å²) in [4.78, 5) is 20.9. The molecule has 1 N–H and O–H groups in total. The first-order valence-corrected chi connectivity index (χ1v) is 10.7. The van der Waals surface area contributed by atoms with Crippen LogP contribution in [-0.2, 0) is 14.8 Å². The number of aryl methyl sites for hydroxylation is 1. The lowest BCUT2D eigenvalue weighted by Gasteiger charge is -2.21. The average Bonchev–Trinajstić information content (AvgIpc) is 2.67. The molecular formula is C17H22N4O4S2. The van der Waals surface area contributed by atoms with Gasteiger partial charge in [0.05, 0.1) is 11.5 Å². The molecule has 0 aliphatic rings. The molecule has 2 rings (SSSR count). The number of nitrogens with one attached hydrogen (secondary N) is 1. The summed E-state index contributed by atoms with van der Waals surface area (Å²) in [5.74, 6) is -0.453. The molecule has 0 aliphatic heterocycles. The Morgan fingerprint density at radius 2 is 1.96 bits per heavy atom. The lowest BCUT2D eigenvalue weighted by Crippen LogP contribution is -2.33.